The van der Waals surface area contributed by atoms with Crippen molar-refractivity contribution in [3.63, 3.8) is 0 Å². The molecule has 15 heavy (non-hydrogen) atoms. The van der Waals surface area contributed by atoms with Crippen LogP contribution in [0.25, 0.3) is 0 Å². The molecular weight excluding hydrogens is 214 g/mol. The number of carbonyl (C=O) groups is 1. The molecule has 1 aromatic rings. The number of hydrogen-bond acceptors (Lipinski definition) is 2. The summed E-state index contributed by atoms with van der Waals surface area (Å²) in [6, 6.07) is 1.84. The van der Waals surface area contributed by atoms with Crippen molar-refractivity contribution in [1.29, 1.82) is 0 Å². The summed E-state index contributed by atoms with van der Waals surface area (Å²) in [7, 11) is 1.76. The lowest BCUT2D eigenvalue weighted by atomic mass is 10.1. The Morgan fingerprint density at radius 3 is 2.93 bits per heavy atom. The molecule has 1 aliphatic carbocycles. The Kier molecular flexibility index (Phi) is 2.65. The summed E-state index contributed by atoms with van der Waals surface area (Å²) in [5.41, 5.74) is 2.71. The van der Waals surface area contributed by atoms with Gasteiger partial charge in [0, 0.05) is 18.3 Å². The summed E-state index contributed by atoms with van der Waals surface area (Å²) in [6.45, 7) is 0. The average molecular weight is 226 g/mol. The van der Waals surface area contributed by atoms with Gasteiger partial charge in [0.15, 0.2) is 0 Å². The van der Waals surface area contributed by atoms with Gasteiger partial charge in [-0.1, -0.05) is 0 Å². The fourth-order valence-corrected chi connectivity index (χ4v) is 2.32. The van der Waals surface area contributed by atoms with Crippen molar-refractivity contribution in [2.75, 3.05) is 0 Å². The van der Waals surface area contributed by atoms with Crippen molar-refractivity contribution in [1.82, 2.24) is 4.57 Å². The summed E-state index contributed by atoms with van der Waals surface area (Å²) < 4.78 is 1.65. The van der Waals surface area contributed by atoms with Gasteiger partial charge in [0.1, 0.15) is 0 Å². The maximum Gasteiger partial charge on any atom is 0.254 e. The highest BCUT2D eigenvalue weighted by Gasteiger charge is 2.17. The Morgan fingerprint density at radius 2 is 2.27 bits per heavy atom. The minimum atomic E-state index is -0.481. The molecule has 4 heteroatoms. The maximum atomic E-state index is 11.8. The van der Waals surface area contributed by atoms with E-state index in [-0.39, 0.29) is 12.0 Å². The van der Waals surface area contributed by atoms with Crippen molar-refractivity contribution in [2.24, 2.45) is 7.05 Å². The number of aromatic nitrogens is 1. The molecule has 0 saturated heterocycles. The zero-order valence-electron chi connectivity index (χ0n) is 8.55. The average Bonchev–Trinajstić information content (AvgIpc) is 2.61. The molecule has 0 saturated carbocycles. The maximum absolute atomic E-state index is 11.8. The molecule has 0 atom stereocenters. The second-order valence-corrected chi connectivity index (χ2v) is 4.31. The summed E-state index contributed by atoms with van der Waals surface area (Å²) in [5.74, 6) is 0. The van der Waals surface area contributed by atoms with Gasteiger partial charge in [-0.15, -0.1) is 0 Å². The number of hydrogen-bond donors (Lipinski definition) is 0. The molecule has 0 fully saturated rings. The van der Waals surface area contributed by atoms with E-state index >= 15 is 0 Å². The van der Waals surface area contributed by atoms with Crippen molar-refractivity contribution in [3.05, 3.63) is 33.2 Å². The molecule has 1 aromatic heterocycles. The standard InChI is InChI=1S/C11H12ClNO2/c1-13-9-4-2-3-7(9)5-8(11(13)15)6-10(12)14/h5H,2-4,6H2,1H3. The predicted octanol–water partition coefficient (Wildman–Crippen LogP) is 1.18. The number of aryl methyl sites for hydroxylation is 1. The van der Waals surface area contributed by atoms with Crippen molar-refractivity contribution in [2.45, 2.75) is 25.7 Å². The van der Waals surface area contributed by atoms with Crippen LogP contribution < -0.4 is 5.56 Å². The minimum absolute atomic E-state index is 0.0293. The predicted molar refractivity (Wildman–Crippen MR) is 58.3 cm³/mol. The largest absolute Gasteiger partial charge is 0.315 e. The lowest BCUT2D eigenvalue weighted by molar-refractivity contribution is -0.111. The molecule has 3 nitrogen and oxygen atoms in total. The van der Waals surface area contributed by atoms with Gasteiger partial charge >= 0.3 is 0 Å². The van der Waals surface area contributed by atoms with Gasteiger partial charge in [-0.25, -0.2) is 0 Å². The summed E-state index contributed by atoms with van der Waals surface area (Å²) >= 11 is 5.30. The monoisotopic (exact) mass is 225 g/mol. The first kappa shape index (κ1) is 10.4. The quantitative estimate of drug-likeness (QED) is 0.709. The van der Waals surface area contributed by atoms with Crippen LogP contribution in [0, 0.1) is 0 Å². The van der Waals surface area contributed by atoms with E-state index in [1.54, 1.807) is 11.6 Å². The van der Waals surface area contributed by atoms with Crippen LogP contribution in [0.2, 0.25) is 0 Å². The summed E-state index contributed by atoms with van der Waals surface area (Å²) in [4.78, 5) is 22.6. The van der Waals surface area contributed by atoms with Gasteiger partial charge in [-0.2, -0.15) is 0 Å². The van der Waals surface area contributed by atoms with Crippen LogP contribution in [0.15, 0.2) is 10.9 Å². The van der Waals surface area contributed by atoms with E-state index in [2.05, 4.69) is 0 Å². The molecule has 2 rings (SSSR count). The topological polar surface area (TPSA) is 39.1 Å². The third-order valence-corrected chi connectivity index (χ3v) is 3.03. The van der Waals surface area contributed by atoms with Crippen LogP contribution in [0.5, 0.6) is 0 Å². The molecule has 0 aliphatic heterocycles. The van der Waals surface area contributed by atoms with E-state index < -0.39 is 5.24 Å². The summed E-state index contributed by atoms with van der Waals surface area (Å²) in [5, 5.41) is -0.481. The number of carbonyl (C=O) groups excluding carboxylic acids is 1. The van der Waals surface area contributed by atoms with Crippen molar-refractivity contribution >= 4 is 16.8 Å². The molecule has 0 bridgehead atoms. The van der Waals surface area contributed by atoms with Gasteiger partial charge in [-0.3, -0.25) is 9.59 Å². The zero-order chi connectivity index (χ0) is 11.0. The fourth-order valence-electron chi connectivity index (χ4n) is 2.18. The number of rotatable bonds is 2. The lowest BCUT2D eigenvalue weighted by Crippen LogP contribution is -2.25. The van der Waals surface area contributed by atoms with E-state index in [0.29, 0.717) is 5.56 Å². The molecule has 0 unspecified atom stereocenters. The van der Waals surface area contributed by atoms with Crippen LogP contribution in [-0.4, -0.2) is 9.81 Å². The van der Waals surface area contributed by atoms with E-state index in [0.717, 1.165) is 25.0 Å². The van der Waals surface area contributed by atoms with E-state index in [1.165, 1.54) is 5.56 Å². The molecule has 0 spiro atoms. The van der Waals surface area contributed by atoms with Crippen molar-refractivity contribution < 1.29 is 4.79 Å². The molecule has 1 heterocycles. The number of pyridine rings is 1. The number of halogens is 1. The van der Waals surface area contributed by atoms with Crippen LogP contribution in [0.4, 0.5) is 0 Å². The first-order chi connectivity index (χ1) is 7.09. The summed E-state index contributed by atoms with van der Waals surface area (Å²) in [6.07, 6.45) is 3.06. The van der Waals surface area contributed by atoms with Crippen LogP contribution in [0.3, 0.4) is 0 Å². The van der Waals surface area contributed by atoms with E-state index in [4.69, 9.17) is 11.6 Å². The van der Waals surface area contributed by atoms with Gasteiger partial charge < -0.3 is 4.57 Å². The molecule has 0 N–H and O–H groups in total. The van der Waals surface area contributed by atoms with E-state index in [9.17, 15) is 9.59 Å². The highest BCUT2D eigenvalue weighted by molar-refractivity contribution is 6.63. The Balaban J connectivity index is 2.54. The Bertz CT molecular complexity index is 476. The Labute approximate surface area is 92.7 Å². The smallest absolute Gasteiger partial charge is 0.254 e. The Morgan fingerprint density at radius 1 is 1.53 bits per heavy atom. The molecule has 0 radical (unpaired) electrons. The number of fused-ring (bicyclic) bond motifs is 1. The molecule has 0 amide bonds. The van der Waals surface area contributed by atoms with E-state index in [1.807, 2.05) is 6.07 Å². The lowest BCUT2D eigenvalue weighted by Gasteiger charge is -2.08. The molecule has 1 aliphatic rings. The minimum Gasteiger partial charge on any atom is -0.315 e. The second kappa shape index (κ2) is 3.81. The number of nitrogens with zero attached hydrogens (tertiary/aromatic N) is 1. The van der Waals surface area contributed by atoms with Gasteiger partial charge in [-0.05, 0) is 42.5 Å². The van der Waals surface area contributed by atoms with Crippen molar-refractivity contribution in [3.8, 4) is 0 Å². The first-order valence-corrected chi connectivity index (χ1v) is 5.36. The molecule has 80 valence electrons. The zero-order valence-corrected chi connectivity index (χ0v) is 9.30. The first-order valence-electron chi connectivity index (χ1n) is 4.98. The Hall–Kier alpha value is -1.09. The van der Waals surface area contributed by atoms with Crippen LogP contribution in [0.1, 0.15) is 23.2 Å². The second-order valence-electron chi connectivity index (χ2n) is 3.89. The van der Waals surface area contributed by atoms with Crippen LogP contribution >= 0.6 is 11.6 Å². The van der Waals surface area contributed by atoms with Gasteiger partial charge in [0.2, 0.25) is 5.24 Å². The van der Waals surface area contributed by atoms with Crippen LogP contribution in [-0.2, 0) is 31.1 Å². The molecule has 0 aromatic carbocycles. The normalized spacial score (nSPS) is 14.0. The van der Waals surface area contributed by atoms with Gasteiger partial charge in [0.05, 0.1) is 6.42 Å². The fraction of sp³-hybridized carbons (Fsp3) is 0.455. The third-order valence-electron chi connectivity index (χ3n) is 2.89. The molecular formula is C11H12ClNO2. The van der Waals surface area contributed by atoms with Gasteiger partial charge in [0.25, 0.3) is 5.56 Å². The highest BCUT2D eigenvalue weighted by Crippen LogP contribution is 2.20. The SMILES string of the molecule is Cn1c2c(cc(CC(=O)Cl)c1=O)CCC2. The highest BCUT2D eigenvalue weighted by atomic mass is 35.5. The third kappa shape index (κ3) is 1.84.